The molecule has 0 bridgehead atoms. The molecule has 0 saturated heterocycles. The van der Waals surface area contributed by atoms with Crippen LogP contribution < -0.4 is 5.32 Å². The van der Waals surface area contributed by atoms with E-state index in [9.17, 15) is 9.59 Å². The fourth-order valence-electron chi connectivity index (χ4n) is 2.11. The largest absolute Gasteiger partial charge is 0.481 e. The molecule has 1 aliphatic carbocycles. The van der Waals surface area contributed by atoms with Gasteiger partial charge in [-0.05, 0) is 43.9 Å². The molecule has 1 aliphatic rings. The maximum absolute atomic E-state index is 12.0. The van der Waals surface area contributed by atoms with E-state index in [1.165, 1.54) is 0 Å². The maximum Gasteiger partial charge on any atom is 0.310 e. The molecule has 1 fully saturated rings. The number of amides is 1. The highest BCUT2D eigenvalue weighted by atomic mass is 35.5. The first-order valence-corrected chi connectivity index (χ1v) is 6.95. The van der Waals surface area contributed by atoms with Crippen molar-refractivity contribution in [3.05, 3.63) is 34.9 Å². The molecule has 108 valence electrons. The van der Waals surface area contributed by atoms with E-state index in [0.29, 0.717) is 5.02 Å². The van der Waals surface area contributed by atoms with Gasteiger partial charge in [-0.3, -0.25) is 9.59 Å². The molecule has 0 spiro atoms. The Bertz CT molecular complexity index is 542. The van der Waals surface area contributed by atoms with Gasteiger partial charge in [-0.2, -0.15) is 0 Å². The summed E-state index contributed by atoms with van der Waals surface area (Å²) >= 11 is 5.93. The molecule has 0 aromatic heterocycles. The normalized spacial score (nSPS) is 21.4. The summed E-state index contributed by atoms with van der Waals surface area (Å²) in [6, 6.07) is 7.52. The van der Waals surface area contributed by atoms with Gasteiger partial charge in [-0.25, -0.2) is 0 Å². The monoisotopic (exact) mass is 295 g/mol. The topological polar surface area (TPSA) is 66.4 Å². The first-order valence-electron chi connectivity index (χ1n) is 6.58. The number of carboxylic acids is 1. The predicted octanol–water partition coefficient (Wildman–Crippen LogP) is 2.67. The number of hydrogen-bond acceptors (Lipinski definition) is 2. The summed E-state index contributed by atoms with van der Waals surface area (Å²) in [4.78, 5) is 23.0. The molecule has 0 radical (unpaired) electrons. The Morgan fingerprint density at radius 2 is 2.15 bits per heavy atom. The van der Waals surface area contributed by atoms with Gasteiger partial charge in [0.05, 0.1) is 5.41 Å². The van der Waals surface area contributed by atoms with Crippen LogP contribution in [0.25, 0.3) is 0 Å². The minimum atomic E-state index is -0.948. The van der Waals surface area contributed by atoms with Crippen LogP contribution in [0, 0.1) is 11.3 Å². The van der Waals surface area contributed by atoms with Gasteiger partial charge < -0.3 is 10.4 Å². The molecule has 1 aromatic carbocycles. The molecule has 2 rings (SSSR count). The van der Waals surface area contributed by atoms with Crippen molar-refractivity contribution in [3.8, 4) is 0 Å². The second-order valence-electron chi connectivity index (χ2n) is 5.91. The minimum absolute atomic E-state index is 0.0712. The number of carboxylic acid groups (broad SMARTS) is 1. The molecule has 1 saturated carbocycles. The van der Waals surface area contributed by atoms with Crippen LogP contribution in [0.15, 0.2) is 24.3 Å². The quantitative estimate of drug-likeness (QED) is 0.877. The van der Waals surface area contributed by atoms with Gasteiger partial charge in [-0.15, -0.1) is 0 Å². The van der Waals surface area contributed by atoms with Crippen LogP contribution in [-0.4, -0.2) is 23.5 Å². The second-order valence-corrected chi connectivity index (χ2v) is 6.35. The molecular formula is C15H18ClNO3. The van der Waals surface area contributed by atoms with Gasteiger partial charge in [0, 0.05) is 17.5 Å². The minimum Gasteiger partial charge on any atom is -0.481 e. The lowest BCUT2D eigenvalue weighted by atomic mass is 9.94. The molecule has 2 N–H and O–H groups in total. The van der Waals surface area contributed by atoms with Gasteiger partial charge in [0.1, 0.15) is 0 Å². The molecular weight excluding hydrogens is 278 g/mol. The highest BCUT2D eigenvalue weighted by Crippen LogP contribution is 2.47. The Labute approximate surface area is 123 Å². The van der Waals surface area contributed by atoms with Gasteiger partial charge >= 0.3 is 5.97 Å². The third-order valence-corrected chi connectivity index (χ3v) is 3.92. The molecule has 0 heterocycles. The van der Waals surface area contributed by atoms with Crippen LogP contribution in [0.1, 0.15) is 31.7 Å². The Morgan fingerprint density at radius 3 is 2.75 bits per heavy atom. The van der Waals surface area contributed by atoms with Crippen molar-refractivity contribution < 1.29 is 14.7 Å². The van der Waals surface area contributed by atoms with Crippen molar-refractivity contribution in [2.45, 2.75) is 26.2 Å². The van der Waals surface area contributed by atoms with E-state index in [4.69, 9.17) is 16.7 Å². The fourth-order valence-corrected chi connectivity index (χ4v) is 2.30. The molecule has 5 heteroatoms. The third kappa shape index (κ3) is 3.31. The maximum atomic E-state index is 12.0. The van der Waals surface area contributed by atoms with E-state index in [0.717, 1.165) is 12.0 Å². The van der Waals surface area contributed by atoms with E-state index in [2.05, 4.69) is 5.32 Å². The summed E-state index contributed by atoms with van der Waals surface area (Å²) in [7, 11) is 0. The van der Waals surface area contributed by atoms with Gasteiger partial charge in [0.2, 0.25) is 5.91 Å². The van der Waals surface area contributed by atoms with E-state index < -0.39 is 11.4 Å². The van der Waals surface area contributed by atoms with Crippen molar-refractivity contribution >= 4 is 23.5 Å². The average molecular weight is 296 g/mol. The highest BCUT2D eigenvalue weighted by Gasteiger charge is 2.44. The Hall–Kier alpha value is -1.55. The van der Waals surface area contributed by atoms with Crippen molar-refractivity contribution in [2.75, 3.05) is 6.54 Å². The zero-order valence-corrected chi connectivity index (χ0v) is 12.3. The van der Waals surface area contributed by atoms with Crippen molar-refractivity contribution in [1.29, 1.82) is 0 Å². The lowest BCUT2D eigenvalue weighted by Crippen LogP contribution is -2.39. The van der Waals surface area contributed by atoms with Crippen molar-refractivity contribution in [3.63, 3.8) is 0 Å². The Morgan fingerprint density at radius 1 is 1.45 bits per heavy atom. The van der Waals surface area contributed by atoms with E-state index in [1.54, 1.807) is 19.9 Å². The Balaban J connectivity index is 1.89. The first kappa shape index (κ1) is 14.9. The number of carbonyl (C=O) groups is 2. The van der Waals surface area contributed by atoms with E-state index >= 15 is 0 Å². The lowest BCUT2D eigenvalue weighted by Gasteiger charge is -2.19. The summed E-state index contributed by atoms with van der Waals surface area (Å²) in [5.74, 6) is -0.871. The van der Waals surface area contributed by atoms with Crippen LogP contribution in [0.5, 0.6) is 0 Å². The van der Waals surface area contributed by atoms with E-state index in [-0.39, 0.29) is 24.3 Å². The SMILES string of the molecule is CC(C)(CNC(=O)C1CC1c1cccc(Cl)c1)C(=O)O. The van der Waals surface area contributed by atoms with Crippen LogP contribution in [0.4, 0.5) is 0 Å². The zero-order chi connectivity index (χ0) is 14.9. The number of carbonyl (C=O) groups excluding carboxylic acids is 1. The number of halogens is 1. The first-order chi connectivity index (χ1) is 9.31. The average Bonchev–Trinajstić information content (AvgIpc) is 3.16. The van der Waals surface area contributed by atoms with Crippen LogP contribution in [0.2, 0.25) is 5.02 Å². The number of benzene rings is 1. The summed E-state index contributed by atoms with van der Waals surface area (Å²) < 4.78 is 0. The van der Waals surface area contributed by atoms with Gasteiger partial charge in [0.15, 0.2) is 0 Å². The third-order valence-electron chi connectivity index (χ3n) is 3.69. The molecule has 1 amide bonds. The van der Waals surface area contributed by atoms with Crippen molar-refractivity contribution in [1.82, 2.24) is 5.32 Å². The van der Waals surface area contributed by atoms with Gasteiger partial charge in [0.25, 0.3) is 0 Å². The van der Waals surface area contributed by atoms with E-state index in [1.807, 2.05) is 18.2 Å². The molecule has 2 atom stereocenters. The summed E-state index contributed by atoms with van der Waals surface area (Å²) in [6.45, 7) is 3.33. The zero-order valence-electron chi connectivity index (χ0n) is 11.5. The number of aliphatic carboxylic acids is 1. The number of nitrogens with one attached hydrogen (secondary N) is 1. The van der Waals surface area contributed by atoms with Gasteiger partial charge in [-0.1, -0.05) is 23.7 Å². The standard InChI is InChI=1S/C15H18ClNO3/c1-15(2,14(19)20)8-17-13(18)12-7-11(12)9-4-3-5-10(16)6-9/h3-6,11-12H,7-8H2,1-2H3,(H,17,18)(H,19,20). The Kier molecular flexibility index (Phi) is 4.04. The second kappa shape index (κ2) is 5.44. The van der Waals surface area contributed by atoms with Crippen LogP contribution in [-0.2, 0) is 9.59 Å². The molecule has 20 heavy (non-hydrogen) atoms. The number of rotatable bonds is 5. The fraction of sp³-hybridized carbons (Fsp3) is 0.467. The lowest BCUT2D eigenvalue weighted by molar-refractivity contribution is -0.146. The molecule has 4 nitrogen and oxygen atoms in total. The number of hydrogen-bond donors (Lipinski definition) is 2. The molecule has 2 unspecified atom stereocenters. The smallest absolute Gasteiger partial charge is 0.310 e. The molecule has 0 aliphatic heterocycles. The highest BCUT2D eigenvalue weighted by molar-refractivity contribution is 6.30. The summed E-state index contributed by atoms with van der Waals surface area (Å²) in [6.07, 6.45) is 0.791. The predicted molar refractivity (Wildman–Crippen MR) is 76.7 cm³/mol. The summed E-state index contributed by atoms with van der Waals surface area (Å²) in [5.41, 5.74) is 0.117. The van der Waals surface area contributed by atoms with Crippen LogP contribution in [0.3, 0.4) is 0 Å². The summed E-state index contributed by atoms with van der Waals surface area (Å²) in [5, 5.41) is 12.4. The van der Waals surface area contributed by atoms with Crippen molar-refractivity contribution in [2.24, 2.45) is 11.3 Å². The van der Waals surface area contributed by atoms with Crippen LogP contribution >= 0.6 is 11.6 Å². The molecule has 1 aromatic rings.